The van der Waals surface area contributed by atoms with Crippen LogP contribution in [-0.2, 0) is 12.8 Å². The van der Waals surface area contributed by atoms with Crippen molar-refractivity contribution in [1.29, 1.82) is 0 Å². The van der Waals surface area contributed by atoms with Crippen molar-refractivity contribution < 1.29 is 0 Å². The van der Waals surface area contributed by atoms with Gasteiger partial charge in [-0.3, -0.25) is 0 Å². The lowest BCUT2D eigenvalue weighted by Gasteiger charge is -2.12. The van der Waals surface area contributed by atoms with E-state index >= 15 is 0 Å². The molecule has 9 rings (SSSR count). The highest BCUT2D eigenvalue weighted by atomic mass is 14.9. The molecule has 2 aliphatic rings. The van der Waals surface area contributed by atoms with E-state index in [9.17, 15) is 0 Å². The Balaban J connectivity index is 1.40. The molecule has 35 heavy (non-hydrogen) atoms. The fraction of sp³-hybridized carbons (Fsp3) is 0.0588. The SMILES string of the molecule is c1ccc2c(c1)Cc1ccc3c(c1-2)Cc1cc2c(cc1-3)c1ccccc1n1c3ccccc3cc21. The monoisotopic (exact) mass is 443 g/mol. The van der Waals surface area contributed by atoms with Crippen LogP contribution < -0.4 is 0 Å². The smallest absolute Gasteiger partial charge is 0.0547 e. The molecule has 2 aromatic heterocycles. The maximum absolute atomic E-state index is 2.48. The third-order valence-corrected chi connectivity index (χ3v) is 8.39. The topological polar surface area (TPSA) is 4.41 Å². The van der Waals surface area contributed by atoms with Gasteiger partial charge < -0.3 is 4.40 Å². The van der Waals surface area contributed by atoms with Crippen LogP contribution in [0.1, 0.15) is 22.3 Å². The maximum atomic E-state index is 2.48. The first-order chi connectivity index (χ1) is 17.3. The van der Waals surface area contributed by atoms with Gasteiger partial charge in [-0.15, -0.1) is 0 Å². The highest BCUT2D eigenvalue weighted by Crippen LogP contribution is 2.49. The van der Waals surface area contributed by atoms with Crippen LogP contribution >= 0.6 is 0 Å². The van der Waals surface area contributed by atoms with Crippen LogP contribution in [0.5, 0.6) is 0 Å². The van der Waals surface area contributed by atoms with Crippen LogP contribution in [0.3, 0.4) is 0 Å². The van der Waals surface area contributed by atoms with E-state index in [1.54, 1.807) is 0 Å². The molecular weight excluding hydrogens is 422 g/mol. The predicted molar refractivity (Wildman–Crippen MR) is 146 cm³/mol. The molecule has 0 unspecified atom stereocenters. The molecule has 0 saturated heterocycles. The van der Waals surface area contributed by atoms with Crippen LogP contribution in [0, 0.1) is 0 Å². The second kappa shape index (κ2) is 6.20. The van der Waals surface area contributed by atoms with Gasteiger partial charge >= 0.3 is 0 Å². The van der Waals surface area contributed by atoms with Crippen molar-refractivity contribution in [2.24, 2.45) is 0 Å². The predicted octanol–water partition coefficient (Wildman–Crippen LogP) is 8.54. The third-order valence-electron chi connectivity index (χ3n) is 8.39. The average Bonchev–Trinajstić information content (AvgIpc) is 3.58. The van der Waals surface area contributed by atoms with Gasteiger partial charge in [0.15, 0.2) is 0 Å². The molecular formula is C34H21N. The van der Waals surface area contributed by atoms with Crippen LogP contribution in [0.15, 0.2) is 103 Å². The Morgan fingerprint density at radius 2 is 1.29 bits per heavy atom. The molecule has 0 bridgehead atoms. The highest BCUT2D eigenvalue weighted by molar-refractivity contribution is 6.17. The molecule has 0 spiro atoms. The summed E-state index contributed by atoms with van der Waals surface area (Å²) in [5, 5.41) is 5.31. The van der Waals surface area contributed by atoms with Crippen LogP contribution in [0.25, 0.3) is 60.3 Å². The van der Waals surface area contributed by atoms with Gasteiger partial charge in [0.1, 0.15) is 0 Å². The number of aromatic nitrogens is 1. The number of para-hydroxylation sites is 2. The van der Waals surface area contributed by atoms with Crippen molar-refractivity contribution in [2.75, 3.05) is 0 Å². The molecule has 1 nitrogen and oxygen atoms in total. The van der Waals surface area contributed by atoms with E-state index < -0.39 is 0 Å². The molecule has 0 fully saturated rings. The summed E-state index contributed by atoms with van der Waals surface area (Å²) >= 11 is 0. The van der Waals surface area contributed by atoms with Crippen LogP contribution in [0.2, 0.25) is 0 Å². The van der Waals surface area contributed by atoms with E-state index in [1.165, 1.54) is 82.6 Å². The molecule has 1 heteroatoms. The molecule has 0 atom stereocenters. The van der Waals surface area contributed by atoms with E-state index in [1.807, 2.05) is 0 Å². The number of hydrogen-bond acceptors (Lipinski definition) is 0. The summed E-state index contributed by atoms with van der Waals surface area (Å²) in [6.45, 7) is 0. The molecule has 0 aliphatic heterocycles. The van der Waals surface area contributed by atoms with Crippen molar-refractivity contribution in [3.8, 4) is 22.3 Å². The molecule has 2 aliphatic carbocycles. The second-order valence-electron chi connectivity index (χ2n) is 10.1. The Hall–Kier alpha value is -4.36. The molecule has 0 amide bonds. The first-order valence-electron chi connectivity index (χ1n) is 12.5. The number of fused-ring (bicyclic) bond motifs is 15. The number of hydrogen-bond donors (Lipinski definition) is 0. The standard InChI is InChI=1S/C34H21N/c1-3-9-24-20(7-1)15-22-13-14-25-27-19-28-26-10-4-6-12-32(26)35-31-11-5-2-8-21(31)18-33(35)29(28)16-23(27)17-30(25)34(22)24/h1-14,16,18-19H,15,17H2. The fourth-order valence-electron chi connectivity index (χ4n) is 6.91. The Labute approximate surface area is 202 Å². The van der Waals surface area contributed by atoms with E-state index in [2.05, 4.69) is 108 Å². The van der Waals surface area contributed by atoms with Gasteiger partial charge in [0.2, 0.25) is 0 Å². The van der Waals surface area contributed by atoms with Gasteiger partial charge in [0.05, 0.1) is 16.6 Å². The Morgan fingerprint density at radius 3 is 2.26 bits per heavy atom. The van der Waals surface area contributed by atoms with Gasteiger partial charge in [0.25, 0.3) is 0 Å². The Bertz CT molecular complexity index is 2050. The van der Waals surface area contributed by atoms with Crippen molar-refractivity contribution in [2.45, 2.75) is 12.8 Å². The van der Waals surface area contributed by atoms with Crippen LogP contribution in [0.4, 0.5) is 0 Å². The van der Waals surface area contributed by atoms with E-state index in [-0.39, 0.29) is 0 Å². The van der Waals surface area contributed by atoms with Gasteiger partial charge in [-0.2, -0.15) is 0 Å². The second-order valence-corrected chi connectivity index (χ2v) is 10.1. The average molecular weight is 444 g/mol. The number of benzene rings is 5. The number of rotatable bonds is 0. The minimum atomic E-state index is 1.01. The van der Waals surface area contributed by atoms with E-state index in [0.717, 1.165) is 12.8 Å². The lowest BCUT2D eigenvalue weighted by atomic mass is 9.95. The molecule has 7 aromatic rings. The first kappa shape index (κ1) is 18.0. The number of nitrogens with zero attached hydrogens (tertiary/aromatic N) is 1. The molecule has 2 heterocycles. The lowest BCUT2D eigenvalue weighted by Crippen LogP contribution is -1.92. The summed E-state index contributed by atoms with van der Waals surface area (Å²) in [5.74, 6) is 0. The van der Waals surface area contributed by atoms with E-state index in [4.69, 9.17) is 0 Å². The summed E-state index contributed by atoms with van der Waals surface area (Å²) in [6, 6.07) is 38.7. The number of pyridine rings is 1. The van der Waals surface area contributed by atoms with Crippen molar-refractivity contribution in [3.05, 3.63) is 125 Å². The summed E-state index contributed by atoms with van der Waals surface area (Å²) in [7, 11) is 0. The van der Waals surface area contributed by atoms with Crippen LogP contribution in [-0.4, -0.2) is 4.40 Å². The maximum Gasteiger partial charge on any atom is 0.0547 e. The zero-order valence-corrected chi connectivity index (χ0v) is 19.2. The Morgan fingerprint density at radius 1 is 0.457 bits per heavy atom. The third kappa shape index (κ3) is 2.19. The first-order valence-corrected chi connectivity index (χ1v) is 12.5. The van der Waals surface area contributed by atoms with Gasteiger partial charge in [-0.1, -0.05) is 72.8 Å². The largest absolute Gasteiger partial charge is 0.309 e. The van der Waals surface area contributed by atoms with E-state index in [0.29, 0.717) is 0 Å². The molecule has 0 radical (unpaired) electrons. The van der Waals surface area contributed by atoms with Gasteiger partial charge in [-0.25, -0.2) is 0 Å². The molecule has 5 aromatic carbocycles. The fourth-order valence-corrected chi connectivity index (χ4v) is 6.91. The normalized spacial score (nSPS) is 13.5. The quantitative estimate of drug-likeness (QED) is 0.207. The minimum Gasteiger partial charge on any atom is -0.309 e. The Kier molecular flexibility index (Phi) is 3.19. The highest BCUT2D eigenvalue weighted by Gasteiger charge is 2.29. The molecule has 162 valence electrons. The van der Waals surface area contributed by atoms with Gasteiger partial charge in [0, 0.05) is 16.2 Å². The lowest BCUT2D eigenvalue weighted by molar-refractivity contribution is 1.24. The van der Waals surface area contributed by atoms with Crippen molar-refractivity contribution in [1.82, 2.24) is 4.40 Å². The molecule has 0 saturated carbocycles. The summed E-state index contributed by atoms with van der Waals surface area (Å²) < 4.78 is 2.45. The molecule has 0 N–H and O–H groups in total. The zero-order valence-electron chi connectivity index (χ0n) is 19.2. The van der Waals surface area contributed by atoms with Gasteiger partial charge in [-0.05, 0) is 93.1 Å². The zero-order chi connectivity index (χ0) is 22.7. The summed E-state index contributed by atoms with van der Waals surface area (Å²) in [4.78, 5) is 0. The van der Waals surface area contributed by atoms with Crippen molar-refractivity contribution in [3.63, 3.8) is 0 Å². The minimum absolute atomic E-state index is 1.01. The van der Waals surface area contributed by atoms with Crippen molar-refractivity contribution >= 4 is 38.1 Å². The summed E-state index contributed by atoms with van der Waals surface area (Å²) in [5.41, 5.74) is 15.5. The summed E-state index contributed by atoms with van der Waals surface area (Å²) in [6.07, 6.45) is 2.07.